The van der Waals surface area contributed by atoms with Crippen molar-refractivity contribution in [1.82, 2.24) is 0 Å². The van der Waals surface area contributed by atoms with E-state index < -0.39 is 0 Å². The molecule has 26 heavy (non-hydrogen) atoms. The summed E-state index contributed by atoms with van der Waals surface area (Å²) in [6, 6.07) is 0. The van der Waals surface area contributed by atoms with Gasteiger partial charge in [-0.25, -0.2) is 0 Å². The van der Waals surface area contributed by atoms with Crippen molar-refractivity contribution < 1.29 is 0 Å². The molecule has 0 unspecified atom stereocenters. The van der Waals surface area contributed by atoms with E-state index in [1.54, 1.807) is 12.7 Å². The molecule has 0 aromatic rings. The van der Waals surface area contributed by atoms with Crippen molar-refractivity contribution in [2.75, 3.05) is 12.5 Å². The Bertz CT molecular complexity index is 688. The van der Waals surface area contributed by atoms with Crippen molar-refractivity contribution in [1.29, 1.82) is 0 Å². The maximum atomic E-state index is 2.41. The van der Waals surface area contributed by atoms with E-state index in [0.717, 1.165) is 29.9 Å². The van der Waals surface area contributed by atoms with E-state index in [2.05, 4.69) is 47.7 Å². The Kier molecular flexibility index (Phi) is 9.16. The molecule has 0 atom stereocenters. The Morgan fingerprint density at radius 3 is 1.38 bits per heavy atom. The summed E-state index contributed by atoms with van der Waals surface area (Å²) in [5.41, 5.74) is 0. The second kappa shape index (κ2) is 10.5. The molecule has 0 aromatic heterocycles. The second-order valence-corrected chi connectivity index (χ2v) is 25.7. The summed E-state index contributed by atoms with van der Waals surface area (Å²) < 4.78 is 16.3. The molecule has 0 fully saturated rings. The third-order valence-corrected chi connectivity index (χ3v) is 31.2. The van der Waals surface area contributed by atoms with Crippen LogP contribution >= 0.6 is 94.1 Å². The van der Waals surface area contributed by atoms with Crippen LogP contribution in [-0.2, 0) is 0 Å². The Labute approximate surface area is 214 Å². The summed E-state index contributed by atoms with van der Waals surface area (Å²) >= 11 is 18.8. The van der Waals surface area contributed by atoms with Crippen molar-refractivity contribution in [3.8, 4) is 0 Å². The fourth-order valence-electron chi connectivity index (χ4n) is 1.97. The van der Waals surface area contributed by atoms with Gasteiger partial charge in [0.05, 0.1) is 0 Å². The van der Waals surface area contributed by atoms with Gasteiger partial charge in [-0.1, -0.05) is 0 Å². The normalized spacial score (nSPS) is 23.5. The van der Waals surface area contributed by atoms with E-state index in [-0.39, 0.29) is 0 Å². The predicted octanol–water partition coefficient (Wildman–Crippen LogP) is 6.71. The first kappa shape index (κ1) is 22.8. The van der Waals surface area contributed by atoms with Crippen LogP contribution in [0, 0.1) is 0 Å². The fraction of sp³-hybridized carbons (Fsp3) is 0.286. The van der Waals surface area contributed by atoms with Crippen LogP contribution in [-0.4, -0.2) is 72.3 Å². The summed E-state index contributed by atoms with van der Waals surface area (Å²) in [6.45, 7) is 0. The average molecular weight is 753 g/mol. The van der Waals surface area contributed by atoms with Gasteiger partial charge >= 0.3 is 218 Å². The van der Waals surface area contributed by atoms with Crippen molar-refractivity contribution in [3.05, 3.63) is 39.8 Å². The van der Waals surface area contributed by atoms with Gasteiger partial charge in [0.1, 0.15) is 0 Å². The van der Waals surface area contributed by atoms with Gasteiger partial charge in [0.25, 0.3) is 0 Å². The van der Waals surface area contributed by atoms with Crippen LogP contribution in [0.15, 0.2) is 39.8 Å². The summed E-state index contributed by atoms with van der Waals surface area (Å²) in [6.07, 6.45) is 4.39. The van der Waals surface area contributed by atoms with Crippen molar-refractivity contribution in [2.24, 2.45) is 0 Å². The van der Waals surface area contributed by atoms with Crippen LogP contribution < -0.4 is 0 Å². The standard InChI is InChI=1S/C14H12S8Se4/c1-15-5-6(16-2)18-7(17-5)8-19-9-10(20-8)22-11(21-9)12-25-13(23-3)14(24-4)26-12/h1-4H3. The van der Waals surface area contributed by atoms with Gasteiger partial charge in [0, 0.05) is 0 Å². The number of rotatable bonds is 4. The van der Waals surface area contributed by atoms with Crippen molar-refractivity contribution >= 4 is 154 Å². The molecule has 140 valence electrons. The summed E-state index contributed by atoms with van der Waals surface area (Å²) in [5, 5.41) is 0. The Hall–Kier alpha value is 3.58. The minimum absolute atomic E-state index is 0.676. The quantitative estimate of drug-likeness (QED) is 0.287. The number of hydrogen-bond donors (Lipinski definition) is 0. The van der Waals surface area contributed by atoms with E-state index in [4.69, 9.17) is 0 Å². The average Bonchev–Trinajstić information content (AvgIpc) is 3.39. The van der Waals surface area contributed by atoms with Gasteiger partial charge in [-0.15, -0.1) is 0 Å². The topological polar surface area (TPSA) is 0 Å². The molecule has 0 nitrogen and oxygen atoms in total. The molecule has 4 rings (SSSR count). The molecule has 0 aromatic carbocycles. The van der Waals surface area contributed by atoms with Gasteiger partial charge in [0.2, 0.25) is 0 Å². The van der Waals surface area contributed by atoms with Crippen LogP contribution in [0.4, 0.5) is 0 Å². The monoisotopic (exact) mass is 756 g/mol. The SMILES string of the molecule is CSC1=C(SC)SC(=C2SC3=C(S2)SC(=C2[Se]C([Se]C)=C([Se]C)[Se]2)S3)S1. The van der Waals surface area contributed by atoms with Crippen LogP contribution in [0.1, 0.15) is 0 Å². The van der Waals surface area contributed by atoms with Gasteiger partial charge < -0.3 is 0 Å². The maximum absolute atomic E-state index is 2.41. The zero-order chi connectivity index (χ0) is 18.3. The van der Waals surface area contributed by atoms with Gasteiger partial charge in [-0.05, 0) is 0 Å². The number of hydrogen-bond acceptors (Lipinski definition) is 8. The number of thioether (sulfide) groups is 8. The Morgan fingerprint density at radius 1 is 0.615 bits per heavy atom. The first-order chi connectivity index (χ1) is 12.7. The molecule has 4 aliphatic heterocycles. The van der Waals surface area contributed by atoms with E-state index in [0.29, 0.717) is 29.9 Å². The molecule has 0 saturated heterocycles. The summed E-state index contributed by atoms with van der Waals surface area (Å²) in [5.74, 6) is 4.82. The zero-order valence-corrected chi connectivity index (χ0v) is 27.3. The molecule has 0 N–H and O–H groups in total. The van der Waals surface area contributed by atoms with Gasteiger partial charge in [-0.2, -0.15) is 0 Å². The molecule has 12 heteroatoms. The van der Waals surface area contributed by atoms with E-state index in [1.807, 2.05) is 80.7 Å². The minimum atomic E-state index is 0.676. The Balaban J connectivity index is 1.44. The van der Waals surface area contributed by atoms with Crippen LogP contribution in [0.25, 0.3) is 0 Å². The molecule has 0 spiro atoms. The molecule has 0 radical (unpaired) electrons. The predicted molar refractivity (Wildman–Crippen MR) is 142 cm³/mol. The molecule has 0 saturated carbocycles. The zero-order valence-electron chi connectivity index (χ0n) is 13.9. The second-order valence-electron chi connectivity index (χ2n) is 4.51. The first-order valence-electron chi connectivity index (χ1n) is 6.97. The van der Waals surface area contributed by atoms with Crippen molar-refractivity contribution in [3.63, 3.8) is 0 Å². The third kappa shape index (κ3) is 4.82. The molecular formula is C14H12S8Se4. The van der Waals surface area contributed by atoms with Gasteiger partial charge in [-0.3, -0.25) is 0 Å². The van der Waals surface area contributed by atoms with Gasteiger partial charge in [0.15, 0.2) is 0 Å². The molecule has 4 aliphatic rings. The van der Waals surface area contributed by atoms with Crippen LogP contribution in [0.3, 0.4) is 0 Å². The van der Waals surface area contributed by atoms with Crippen LogP contribution in [0.5, 0.6) is 0 Å². The van der Waals surface area contributed by atoms with Crippen LogP contribution in [0.2, 0.25) is 11.6 Å². The third-order valence-electron chi connectivity index (χ3n) is 3.06. The molecule has 0 bridgehead atoms. The summed E-state index contributed by atoms with van der Waals surface area (Å²) in [4.78, 5) is 0. The van der Waals surface area contributed by atoms with E-state index in [9.17, 15) is 0 Å². The fourth-order valence-corrected chi connectivity index (χ4v) is 31.9. The van der Waals surface area contributed by atoms with E-state index in [1.165, 1.54) is 16.9 Å². The Morgan fingerprint density at radius 2 is 1.00 bits per heavy atom. The molecule has 0 amide bonds. The first-order valence-corrected chi connectivity index (χ1v) is 22.9. The van der Waals surface area contributed by atoms with E-state index >= 15 is 0 Å². The molecule has 4 heterocycles. The molecule has 0 aliphatic carbocycles. The summed E-state index contributed by atoms with van der Waals surface area (Å²) in [7, 11) is 0. The van der Waals surface area contributed by atoms with Crippen molar-refractivity contribution in [2.45, 2.75) is 11.6 Å². The molecular weight excluding hydrogens is 741 g/mol.